The minimum atomic E-state index is -0.391. The number of benzene rings is 1. The van der Waals surface area contributed by atoms with Gasteiger partial charge in [-0.3, -0.25) is 4.79 Å². The molecule has 1 aliphatic heterocycles. The van der Waals surface area contributed by atoms with E-state index < -0.39 is 6.10 Å². The van der Waals surface area contributed by atoms with Crippen molar-refractivity contribution in [1.82, 2.24) is 20.4 Å². The fourth-order valence-corrected chi connectivity index (χ4v) is 3.64. The number of aliphatic hydroxyl groups is 1. The minimum absolute atomic E-state index is 0. The summed E-state index contributed by atoms with van der Waals surface area (Å²) in [5.41, 5.74) is 3.74. The van der Waals surface area contributed by atoms with Crippen molar-refractivity contribution < 1.29 is 9.90 Å². The van der Waals surface area contributed by atoms with E-state index in [0.717, 1.165) is 42.8 Å². The first-order valence-corrected chi connectivity index (χ1v) is 8.57. The van der Waals surface area contributed by atoms with Crippen LogP contribution in [0.15, 0.2) is 30.3 Å². The monoisotopic (exact) mass is 362 g/mol. The summed E-state index contributed by atoms with van der Waals surface area (Å²) in [5.74, 6) is -0.0693. The summed E-state index contributed by atoms with van der Waals surface area (Å²) in [4.78, 5) is 12.6. The summed E-state index contributed by atoms with van der Waals surface area (Å²) in [6.45, 7) is 1.80. The van der Waals surface area contributed by atoms with Crippen LogP contribution >= 0.6 is 12.4 Å². The molecule has 2 atom stereocenters. The molecular weight excluding hydrogens is 340 g/mol. The molecule has 2 unspecified atom stereocenters. The molecule has 25 heavy (non-hydrogen) atoms. The van der Waals surface area contributed by atoms with E-state index in [1.54, 1.807) is 0 Å². The lowest BCUT2D eigenvalue weighted by Crippen LogP contribution is -2.34. The third kappa shape index (κ3) is 3.42. The van der Waals surface area contributed by atoms with E-state index in [4.69, 9.17) is 0 Å². The lowest BCUT2D eigenvalue weighted by atomic mass is 10.1. The summed E-state index contributed by atoms with van der Waals surface area (Å²) >= 11 is 0. The van der Waals surface area contributed by atoms with Gasteiger partial charge in [-0.2, -0.15) is 5.10 Å². The van der Waals surface area contributed by atoms with Crippen molar-refractivity contribution >= 4 is 18.3 Å². The quantitative estimate of drug-likeness (QED) is 0.760. The van der Waals surface area contributed by atoms with Crippen LogP contribution in [0.25, 0.3) is 5.69 Å². The molecule has 1 aliphatic carbocycles. The summed E-state index contributed by atoms with van der Waals surface area (Å²) in [5, 5.41) is 20.5. The number of para-hydroxylation sites is 1. The molecule has 2 aromatic rings. The molecular formula is C18H23ClN4O2. The number of aliphatic hydroxyl groups excluding tert-OH is 1. The van der Waals surface area contributed by atoms with Gasteiger partial charge in [0.15, 0.2) is 5.69 Å². The van der Waals surface area contributed by atoms with Crippen molar-refractivity contribution in [3.63, 3.8) is 0 Å². The summed E-state index contributed by atoms with van der Waals surface area (Å²) in [7, 11) is 0. The molecule has 7 heteroatoms. The third-order valence-electron chi connectivity index (χ3n) is 4.98. The second-order valence-corrected chi connectivity index (χ2v) is 6.57. The van der Waals surface area contributed by atoms with Gasteiger partial charge >= 0.3 is 0 Å². The van der Waals surface area contributed by atoms with Crippen molar-refractivity contribution in [1.29, 1.82) is 0 Å². The molecule has 2 heterocycles. The molecule has 1 aromatic heterocycles. The van der Waals surface area contributed by atoms with Crippen LogP contribution in [0.4, 0.5) is 0 Å². The van der Waals surface area contributed by atoms with E-state index >= 15 is 0 Å². The SMILES string of the molecule is Cl.O=C(NCC1CNCC1O)c1nn(-c2ccccc2)c2c1CCC2. The molecule has 2 aliphatic rings. The fourth-order valence-electron chi connectivity index (χ4n) is 3.64. The molecule has 0 spiro atoms. The second kappa shape index (κ2) is 7.56. The Labute approximate surface area is 153 Å². The maximum absolute atomic E-state index is 12.6. The molecule has 6 nitrogen and oxygen atoms in total. The van der Waals surface area contributed by atoms with Gasteiger partial charge in [0.1, 0.15) is 0 Å². The Bertz CT molecular complexity index is 747. The van der Waals surface area contributed by atoms with E-state index in [2.05, 4.69) is 15.7 Å². The van der Waals surface area contributed by atoms with E-state index in [1.165, 1.54) is 0 Å². The molecule has 1 aromatic carbocycles. The zero-order valence-electron chi connectivity index (χ0n) is 13.9. The average molecular weight is 363 g/mol. The summed E-state index contributed by atoms with van der Waals surface area (Å²) < 4.78 is 1.91. The van der Waals surface area contributed by atoms with Crippen molar-refractivity contribution in [3.05, 3.63) is 47.3 Å². The van der Waals surface area contributed by atoms with Crippen LogP contribution in [-0.2, 0) is 12.8 Å². The number of hydrogen-bond donors (Lipinski definition) is 3. The predicted molar refractivity (Wildman–Crippen MR) is 97.5 cm³/mol. The van der Waals surface area contributed by atoms with Crippen LogP contribution in [0.1, 0.15) is 28.2 Å². The Morgan fingerprint density at radius 2 is 2.08 bits per heavy atom. The highest BCUT2D eigenvalue weighted by Crippen LogP contribution is 2.27. The number of nitrogens with zero attached hydrogens (tertiary/aromatic N) is 2. The molecule has 0 radical (unpaired) electrons. The number of aromatic nitrogens is 2. The second-order valence-electron chi connectivity index (χ2n) is 6.57. The third-order valence-corrected chi connectivity index (χ3v) is 4.98. The Morgan fingerprint density at radius 3 is 2.80 bits per heavy atom. The molecule has 3 N–H and O–H groups in total. The van der Waals surface area contributed by atoms with Gasteiger partial charge in [-0.25, -0.2) is 4.68 Å². The molecule has 4 rings (SSSR count). The van der Waals surface area contributed by atoms with E-state index in [0.29, 0.717) is 18.8 Å². The fraction of sp³-hybridized carbons (Fsp3) is 0.444. The largest absolute Gasteiger partial charge is 0.391 e. The Balaban J connectivity index is 0.00000182. The molecule has 0 bridgehead atoms. The highest BCUT2D eigenvalue weighted by atomic mass is 35.5. The number of nitrogens with one attached hydrogen (secondary N) is 2. The number of carbonyl (C=O) groups excluding carboxylic acids is 1. The number of hydrogen-bond acceptors (Lipinski definition) is 4. The zero-order chi connectivity index (χ0) is 16.5. The molecule has 134 valence electrons. The van der Waals surface area contributed by atoms with Gasteiger partial charge in [-0.1, -0.05) is 18.2 Å². The minimum Gasteiger partial charge on any atom is -0.391 e. The average Bonchev–Trinajstić information content (AvgIpc) is 3.30. The highest BCUT2D eigenvalue weighted by molar-refractivity contribution is 5.94. The van der Waals surface area contributed by atoms with E-state index in [1.807, 2.05) is 35.0 Å². The zero-order valence-corrected chi connectivity index (χ0v) is 14.8. The summed E-state index contributed by atoms with van der Waals surface area (Å²) in [6.07, 6.45) is 2.53. The number of carbonyl (C=O) groups is 1. The number of halogens is 1. The Kier molecular flexibility index (Phi) is 5.42. The highest BCUT2D eigenvalue weighted by Gasteiger charge is 2.29. The van der Waals surface area contributed by atoms with Gasteiger partial charge in [0, 0.05) is 36.8 Å². The van der Waals surface area contributed by atoms with Crippen molar-refractivity contribution in [2.24, 2.45) is 5.92 Å². The van der Waals surface area contributed by atoms with Crippen molar-refractivity contribution in [3.8, 4) is 5.69 Å². The van der Waals surface area contributed by atoms with Gasteiger partial charge in [-0.05, 0) is 31.4 Å². The van der Waals surface area contributed by atoms with Gasteiger partial charge in [-0.15, -0.1) is 12.4 Å². The van der Waals surface area contributed by atoms with Crippen LogP contribution in [0.5, 0.6) is 0 Å². The molecule has 1 fully saturated rings. The maximum Gasteiger partial charge on any atom is 0.272 e. The molecule has 1 saturated heterocycles. The predicted octanol–water partition coefficient (Wildman–Crippen LogP) is 1.09. The first-order valence-electron chi connectivity index (χ1n) is 8.57. The first kappa shape index (κ1) is 17.9. The van der Waals surface area contributed by atoms with Crippen LogP contribution in [-0.4, -0.2) is 46.5 Å². The topological polar surface area (TPSA) is 79.2 Å². The number of amides is 1. The molecule has 0 saturated carbocycles. The van der Waals surface area contributed by atoms with Crippen LogP contribution < -0.4 is 10.6 Å². The van der Waals surface area contributed by atoms with Gasteiger partial charge in [0.25, 0.3) is 5.91 Å². The van der Waals surface area contributed by atoms with Gasteiger partial charge in [0.2, 0.25) is 0 Å². The van der Waals surface area contributed by atoms with Crippen LogP contribution in [0.2, 0.25) is 0 Å². The number of rotatable bonds is 4. The van der Waals surface area contributed by atoms with Crippen LogP contribution in [0.3, 0.4) is 0 Å². The standard InChI is InChI=1S/C18H22N4O2.ClH/c23-16-11-19-9-12(16)10-20-18(24)17-14-7-4-8-15(14)22(21-17)13-5-2-1-3-6-13;/h1-3,5-6,12,16,19,23H,4,7-11H2,(H,20,24);1H. The Hall–Kier alpha value is -1.89. The van der Waals surface area contributed by atoms with Gasteiger partial charge in [0.05, 0.1) is 11.8 Å². The smallest absolute Gasteiger partial charge is 0.272 e. The summed E-state index contributed by atoms with van der Waals surface area (Å²) in [6, 6.07) is 9.95. The lowest BCUT2D eigenvalue weighted by Gasteiger charge is -2.13. The van der Waals surface area contributed by atoms with Crippen molar-refractivity contribution in [2.75, 3.05) is 19.6 Å². The Morgan fingerprint density at radius 1 is 1.28 bits per heavy atom. The van der Waals surface area contributed by atoms with Gasteiger partial charge < -0.3 is 15.7 Å². The number of β-amino-alcohol motifs (C(OH)–C–C–N with tert-alkyl or cyclic N) is 1. The number of fused-ring (bicyclic) bond motifs is 1. The van der Waals surface area contributed by atoms with E-state index in [9.17, 15) is 9.90 Å². The molecule has 1 amide bonds. The normalized spacial score (nSPS) is 21.6. The van der Waals surface area contributed by atoms with E-state index in [-0.39, 0.29) is 24.2 Å². The van der Waals surface area contributed by atoms with Crippen LogP contribution in [0, 0.1) is 5.92 Å². The maximum atomic E-state index is 12.6. The lowest BCUT2D eigenvalue weighted by molar-refractivity contribution is 0.0921. The van der Waals surface area contributed by atoms with Crippen molar-refractivity contribution in [2.45, 2.75) is 25.4 Å². The first-order chi connectivity index (χ1) is 11.7.